The zero-order chi connectivity index (χ0) is 29.6. The Morgan fingerprint density at radius 3 is 2.70 bits per heavy atom. The van der Waals surface area contributed by atoms with Crippen molar-refractivity contribution in [1.29, 1.82) is 0 Å². The molecule has 8 nitrogen and oxygen atoms in total. The van der Waals surface area contributed by atoms with E-state index >= 15 is 4.39 Å². The number of nitrogen functional groups attached to an aromatic ring is 1. The minimum atomic E-state index is -0.897. The van der Waals surface area contributed by atoms with E-state index in [0.29, 0.717) is 60.5 Å². The van der Waals surface area contributed by atoms with Crippen LogP contribution < -0.4 is 20.7 Å². The molecule has 4 aliphatic heterocycles. The van der Waals surface area contributed by atoms with Crippen LogP contribution in [0.5, 0.6) is 6.01 Å². The molecule has 4 fully saturated rings. The van der Waals surface area contributed by atoms with Gasteiger partial charge < -0.3 is 20.7 Å². The van der Waals surface area contributed by atoms with E-state index in [4.69, 9.17) is 27.1 Å². The zero-order valence-electron chi connectivity index (χ0n) is 23.6. The van der Waals surface area contributed by atoms with Crippen LogP contribution in [0.3, 0.4) is 0 Å². The molecule has 6 heterocycles. The van der Waals surface area contributed by atoms with Crippen molar-refractivity contribution < 1.29 is 17.9 Å². The van der Waals surface area contributed by atoms with Crippen molar-refractivity contribution in [1.82, 2.24) is 25.2 Å². The standard InChI is InChI=1S/C30H31ClF3N7OS/c1-14-7-20(33)26-25(37-28(35)43-26)21(14)22-19(31)8-18-24(23(22)34)38-29(39-27(18)40-11-16-3-4-17(12-40)36-16)42-13-30-5-2-6-41(30)10-15(32)9-30/h7-8,15-17,36H,2-6,9-13H2,1H3,(H2,35,37)/t15-,16?,17?,30+/m1/s1. The minimum Gasteiger partial charge on any atom is -0.461 e. The van der Waals surface area contributed by atoms with Gasteiger partial charge in [-0.3, -0.25) is 4.90 Å². The third-order valence-corrected chi connectivity index (χ3v) is 10.9. The Balaban J connectivity index is 1.28. The molecule has 0 spiro atoms. The molecule has 8 rings (SSSR count). The first-order valence-electron chi connectivity index (χ1n) is 14.8. The summed E-state index contributed by atoms with van der Waals surface area (Å²) < 4.78 is 52.6. The number of aryl methyl sites for hydroxylation is 1. The van der Waals surface area contributed by atoms with Gasteiger partial charge in [0.15, 0.2) is 10.9 Å². The quantitative estimate of drug-likeness (QED) is 0.294. The van der Waals surface area contributed by atoms with Gasteiger partial charge in [-0.25, -0.2) is 18.2 Å². The maximum atomic E-state index is 16.9. The van der Waals surface area contributed by atoms with E-state index in [0.717, 1.165) is 43.6 Å². The fraction of sp³-hybridized carbons (Fsp3) is 0.500. The van der Waals surface area contributed by atoms with Gasteiger partial charge in [0.1, 0.15) is 29.9 Å². The second-order valence-electron chi connectivity index (χ2n) is 12.5. The lowest BCUT2D eigenvalue weighted by Crippen LogP contribution is -2.51. The van der Waals surface area contributed by atoms with Gasteiger partial charge in [0, 0.05) is 54.7 Å². The molecule has 2 unspecified atom stereocenters. The topological polar surface area (TPSA) is 92.4 Å². The van der Waals surface area contributed by atoms with Crippen molar-refractivity contribution in [3.63, 3.8) is 0 Å². The Kier molecular flexibility index (Phi) is 6.45. The van der Waals surface area contributed by atoms with E-state index in [9.17, 15) is 8.78 Å². The molecule has 0 saturated carbocycles. The molecule has 2 aromatic heterocycles. The van der Waals surface area contributed by atoms with E-state index in [2.05, 4.69) is 25.1 Å². The number of nitrogens with one attached hydrogen (secondary N) is 1. The fourth-order valence-electron chi connectivity index (χ4n) is 7.81. The Bertz CT molecular complexity index is 1780. The zero-order valence-corrected chi connectivity index (χ0v) is 25.2. The molecule has 0 amide bonds. The summed E-state index contributed by atoms with van der Waals surface area (Å²) in [6.45, 7) is 4.57. The third kappa shape index (κ3) is 4.43. The highest BCUT2D eigenvalue weighted by atomic mass is 35.5. The van der Waals surface area contributed by atoms with Crippen LogP contribution in [0.2, 0.25) is 5.02 Å². The van der Waals surface area contributed by atoms with Gasteiger partial charge in [-0.1, -0.05) is 22.9 Å². The predicted molar refractivity (Wildman–Crippen MR) is 163 cm³/mol. The number of halogens is 4. The predicted octanol–water partition coefficient (Wildman–Crippen LogP) is 5.62. The summed E-state index contributed by atoms with van der Waals surface area (Å²) in [7, 11) is 0. The minimum absolute atomic E-state index is 0.0444. The van der Waals surface area contributed by atoms with Gasteiger partial charge in [-0.2, -0.15) is 9.97 Å². The van der Waals surface area contributed by atoms with Crippen molar-refractivity contribution in [2.24, 2.45) is 0 Å². The van der Waals surface area contributed by atoms with Crippen LogP contribution in [-0.2, 0) is 0 Å². The number of hydrogen-bond donors (Lipinski definition) is 2. The third-order valence-electron chi connectivity index (χ3n) is 9.67. The molecule has 13 heteroatoms. The largest absolute Gasteiger partial charge is 0.461 e. The lowest BCUT2D eigenvalue weighted by molar-refractivity contribution is 0.107. The Labute approximate surface area is 255 Å². The molecule has 4 saturated heterocycles. The van der Waals surface area contributed by atoms with E-state index < -0.39 is 23.3 Å². The molecule has 226 valence electrons. The summed E-state index contributed by atoms with van der Waals surface area (Å²) >= 11 is 7.86. The van der Waals surface area contributed by atoms with Gasteiger partial charge in [-0.15, -0.1) is 0 Å². The van der Waals surface area contributed by atoms with Crippen molar-refractivity contribution in [3.05, 3.63) is 34.4 Å². The second-order valence-corrected chi connectivity index (χ2v) is 13.9. The number of anilines is 2. The summed E-state index contributed by atoms with van der Waals surface area (Å²) in [4.78, 5) is 18.1. The monoisotopic (exact) mass is 629 g/mol. The number of fused-ring (bicyclic) bond motifs is 5. The Morgan fingerprint density at radius 2 is 1.91 bits per heavy atom. The molecule has 2 aromatic carbocycles. The first-order chi connectivity index (χ1) is 20.7. The molecular formula is C30H31ClF3N7OS. The molecule has 43 heavy (non-hydrogen) atoms. The Morgan fingerprint density at radius 1 is 1.12 bits per heavy atom. The van der Waals surface area contributed by atoms with Crippen LogP contribution in [0.15, 0.2) is 12.1 Å². The average molecular weight is 630 g/mol. The molecule has 4 aromatic rings. The van der Waals surface area contributed by atoms with Crippen LogP contribution in [0.1, 0.15) is 37.7 Å². The molecule has 4 aliphatic rings. The van der Waals surface area contributed by atoms with E-state index in [-0.39, 0.29) is 44.1 Å². The van der Waals surface area contributed by atoms with Gasteiger partial charge in [-0.05, 0) is 56.8 Å². The maximum Gasteiger partial charge on any atom is 0.319 e. The summed E-state index contributed by atoms with van der Waals surface area (Å²) in [5.74, 6) is -0.582. The van der Waals surface area contributed by atoms with Crippen LogP contribution in [0, 0.1) is 18.6 Å². The molecule has 3 N–H and O–H groups in total. The lowest BCUT2D eigenvalue weighted by atomic mass is 9.95. The van der Waals surface area contributed by atoms with E-state index in [1.165, 1.54) is 6.07 Å². The summed E-state index contributed by atoms with van der Waals surface area (Å²) in [6, 6.07) is 3.69. The van der Waals surface area contributed by atoms with Gasteiger partial charge in [0.25, 0.3) is 0 Å². The Hall–Kier alpha value is -2.93. The van der Waals surface area contributed by atoms with Crippen molar-refractivity contribution in [2.45, 2.75) is 62.8 Å². The highest BCUT2D eigenvalue weighted by Gasteiger charge is 2.49. The van der Waals surface area contributed by atoms with E-state index in [1.807, 2.05) is 0 Å². The highest BCUT2D eigenvalue weighted by molar-refractivity contribution is 7.22. The number of nitrogens with zero attached hydrogens (tertiary/aromatic N) is 5. The van der Waals surface area contributed by atoms with Crippen molar-refractivity contribution in [3.8, 4) is 17.1 Å². The number of aromatic nitrogens is 3. The number of ether oxygens (including phenoxy) is 1. The number of benzene rings is 2. The molecular weight excluding hydrogens is 599 g/mol. The lowest BCUT2D eigenvalue weighted by Gasteiger charge is -2.34. The fourth-order valence-corrected chi connectivity index (χ4v) is 8.84. The summed E-state index contributed by atoms with van der Waals surface area (Å²) in [6.07, 6.45) is 3.44. The van der Waals surface area contributed by atoms with Crippen LogP contribution in [-0.4, -0.2) is 76.4 Å². The normalized spacial score (nSPS) is 27.1. The molecule has 0 aliphatic carbocycles. The number of thiazole rings is 1. The van der Waals surface area contributed by atoms with Gasteiger partial charge >= 0.3 is 6.01 Å². The number of rotatable bonds is 5. The molecule has 4 atom stereocenters. The second kappa shape index (κ2) is 10.0. The molecule has 2 bridgehead atoms. The first-order valence-corrected chi connectivity index (χ1v) is 16.0. The summed E-state index contributed by atoms with van der Waals surface area (Å²) in [5.41, 5.74) is 6.77. The van der Waals surface area contributed by atoms with E-state index in [1.54, 1.807) is 13.0 Å². The highest BCUT2D eigenvalue weighted by Crippen LogP contribution is 2.45. The molecule has 0 radical (unpaired) electrons. The van der Waals surface area contributed by atoms with Crippen LogP contribution >= 0.6 is 22.9 Å². The van der Waals surface area contributed by atoms with Gasteiger partial charge in [0.05, 0.1) is 20.8 Å². The van der Waals surface area contributed by atoms with Crippen molar-refractivity contribution in [2.75, 3.05) is 43.4 Å². The average Bonchev–Trinajstić information content (AvgIpc) is 3.71. The number of hydrogen-bond acceptors (Lipinski definition) is 9. The number of alkyl halides is 1. The van der Waals surface area contributed by atoms with Crippen LogP contribution in [0.4, 0.5) is 24.1 Å². The SMILES string of the molecule is Cc1cc(F)c2sc(N)nc2c1-c1c(Cl)cc2c(N3CC4CCC(C3)N4)nc(OC[C@@]34CCCN3C[C@H](F)C4)nc2c1F. The van der Waals surface area contributed by atoms with Crippen molar-refractivity contribution >= 4 is 55.0 Å². The number of piperazine rings is 1. The summed E-state index contributed by atoms with van der Waals surface area (Å²) in [5, 5.41) is 4.41. The smallest absolute Gasteiger partial charge is 0.319 e. The van der Waals surface area contributed by atoms with Crippen LogP contribution in [0.25, 0.3) is 32.2 Å². The first kappa shape index (κ1) is 27.6. The number of nitrogens with two attached hydrogens (primary N) is 1. The maximum absolute atomic E-state index is 16.9. The van der Waals surface area contributed by atoms with Gasteiger partial charge in [0.2, 0.25) is 0 Å².